The monoisotopic (exact) mass is 325 g/mol. The summed E-state index contributed by atoms with van der Waals surface area (Å²) >= 11 is 3.74. The molecule has 1 aliphatic heterocycles. The van der Waals surface area contributed by atoms with Crippen molar-refractivity contribution >= 4 is 21.7 Å². The van der Waals surface area contributed by atoms with Gasteiger partial charge in [-0.3, -0.25) is 0 Å². The second-order valence-corrected chi connectivity index (χ2v) is 6.78. The molecule has 2 aliphatic rings. The normalized spacial score (nSPS) is 24.0. The lowest BCUT2D eigenvalue weighted by molar-refractivity contribution is 0.222. The van der Waals surface area contributed by atoms with E-state index in [2.05, 4.69) is 32.9 Å². The van der Waals surface area contributed by atoms with Crippen LogP contribution in [0.2, 0.25) is 0 Å². The second-order valence-electron chi connectivity index (χ2n) is 5.98. The van der Waals surface area contributed by atoms with Crippen molar-refractivity contribution in [2.75, 3.05) is 11.9 Å². The molecular weight excluding hydrogens is 302 g/mol. The van der Waals surface area contributed by atoms with E-state index in [1.165, 1.54) is 54.5 Å². The second kappa shape index (κ2) is 5.86. The molecule has 4 heteroatoms. The average molecular weight is 326 g/mol. The Morgan fingerprint density at radius 2 is 2.05 bits per heavy atom. The minimum Gasteiger partial charge on any atom is -0.369 e. The Bertz CT molecular complexity index is 435. The van der Waals surface area contributed by atoms with Gasteiger partial charge < -0.3 is 5.32 Å². The summed E-state index contributed by atoms with van der Waals surface area (Å²) in [7, 11) is 0. The predicted molar refractivity (Wildman–Crippen MR) is 82.6 cm³/mol. The molecule has 0 spiro atoms. The lowest BCUT2D eigenvalue weighted by Gasteiger charge is -2.34. The van der Waals surface area contributed by atoms with E-state index in [-0.39, 0.29) is 0 Å². The Kier molecular flexibility index (Phi) is 4.15. The minimum absolute atomic E-state index is 0.624. The van der Waals surface area contributed by atoms with Gasteiger partial charge in [0.2, 0.25) is 0 Å². The van der Waals surface area contributed by atoms with Crippen molar-refractivity contribution in [2.24, 2.45) is 5.92 Å². The van der Waals surface area contributed by atoms with E-state index in [4.69, 9.17) is 5.10 Å². The molecule has 0 aromatic carbocycles. The third-order valence-electron chi connectivity index (χ3n) is 4.65. The number of nitrogens with one attached hydrogen (secondary N) is 1. The van der Waals surface area contributed by atoms with Crippen molar-refractivity contribution in [3.05, 3.63) is 10.2 Å². The van der Waals surface area contributed by atoms with Crippen LogP contribution < -0.4 is 5.32 Å². The van der Waals surface area contributed by atoms with Crippen LogP contribution in [-0.2, 0) is 6.42 Å². The molecule has 0 amide bonds. The van der Waals surface area contributed by atoms with Crippen molar-refractivity contribution in [3.63, 3.8) is 0 Å². The Morgan fingerprint density at radius 1 is 1.26 bits per heavy atom. The van der Waals surface area contributed by atoms with E-state index in [0.29, 0.717) is 6.04 Å². The summed E-state index contributed by atoms with van der Waals surface area (Å²) in [5.41, 5.74) is 1.23. The smallest absolute Gasteiger partial charge is 0.139 e. The fourth-order valence-electron chi connectivity index (χ4n) is 3.67. The molecule has 1 saturated carbocycles. The van der Waals surface area contributed by atoms with Crippen LogP contribution in [0.15, 0.2) is 4.47 Å². The molecular formula is C15H24BrN3. The Morgan fingerprint density at radius 3 is 2.79 bits per heavy atom. The van der Waals surface area contributed by atoms with E-state index >= 15 is 0 Å². The van der Waals surface area contributed by atoms with Crippen LogP contribution in [0, 0.1) is 5.92 Å². The number of aryl methyl sites for hydroxylation is 1. The third kappa shape index (κ3) is 2.56. The maximum Gasteiger partial charge on any atom is 0.139 e. The van der Waals surface area contributed by atoms with Crippen LogP contribution in [0.4, 0.5) is 5.82 Å². The van der Waals surface area contributed by atoms with Gasteiger partial charge in [0.25, 0.3) is 0 Å². The van der Waals surface area contributed by atoms with Gasteiger partial charge in [0.15, 0.2) is 0 Å². The zero-order chi connectivity index (χ0) is 13.2. The van der Waals surface area contributed by atoms with Gasteiger partial charge in [0.1, 0.15) is 5.82 Å². The van der Waals surface area contributed by atoms with E-state index in [0.717, 1.165) is 25.3 Å². The van der Waals surface area contributed by atoms with Gasteiger partial charge in [0, 0.05) is 6.54 Å². The van der Waals surface area contributed by atoms with Crippen molar-refractivity contribution in [2.45, 2.75) is 64.3 Å². The molecule has 0 bridgehead atoms. The molecule has 1 atom stereocenters. The summed E-state index contributed by atoms with van der Waals surface area (Å²) in [6.07, 6.45) is 10.5. The summed E-state index contributed by atoms with van der Waals surface area (Å²) in [6.45, 7) is 3.31. The van der Waals surface area contributed by atoms with Crippen molar-refractivity contribution in [1.82, 2.24) is 9.78 Å². The first-order valence-corrected chi connectivity index (χ1v) is 8.61. The number of anilines is 1. The molecule has 3 rings (SSSR count). The van der Waals surface area contributed by atoms with Crippen molar-refractivity contribution in [3.8, 4) is 0 Å². The average Bonchev–Trinajstić information content (AvgIpc) is 2.77. The fourth-order valence-corrected chi connectivity index (χ4v) is 4.27. The molecule has 19 heavy (non-hydrogen) atoms. The first-order chi connectivity index (χ1) is 9.31. The number of halogens is 1. The Balaban J connectivity index is 1.88. The van der Waals surface area contributed by atoms with Crippen LogP contribution in [0.3, 0.4) is 0 Å². The maximum absolute atomic E-state index is 4.90. The Labute approximate surface area is 124 Å². The van der Waals surface area contributed by atoms with Crippen LogP contribution in [-0.4, -0.2) is 16.3 Å². The molecule has 0 radical (unpaired) electrons. The molecule has 1 aromatic heterocycles. The van der Waals surface area contributed by atoms with Gasteiger partial charge in [-0.1, -0.05) is 32.6 Å². The van der Waals surface area contributed by atoms with E-state index < -0.39 is 0 Å². The maximum atomic E-state index is 4.90. The quantitative estimate of drug-likeness (QED) is 0.884. The number of rotatable bonds is 3. The lowest BCUT2D eigenvalue weighted by atomic mass is 9.82. The van der Waals surface area contributed by atoms with Crippen molar-refractivity contribution in [1.29, 1.82) is 0 Å². The molecule has 0 saturated heterocycles. The molecule has 1 aromatic rings. The first-order valence-electron chi connectivity index (χ1n) is 7.82. The highest BCUT2D eigenvalue weighted by Gasteiger charge is 2.31. The third-order valence-corrected chi connectivity index (χ3v) is 5.48. The SMILES string of the molecule is CCCc1nn2c(c1Br)NCCC2C1CCCCC1. The molecule has 1 unspecified atom stereocenters. The van der Waals surface area contributed by atoms with E-state index in [1.807, 2.05) is 0 Å². The standard InChI is InChI=1S/C15H24BrN3/c1-2-6-12-14(16)15-17-10-9-13(19(15)18-12)11-7-4-3-5-8-11/h11,13,17H,2-10H2,1H3. The summed E-state index contributed by atoms with van der Waals surface area (Å²) in [5, 5.41) is 8.44. The number of fused-ring (bicyclic) bond motifs is 1. The van der Waals surface area contributed by atoms with Gasteiger partial charge in [-0.15, -0.1) is 0 Å². The summed E-state index contributed by atoms with van der Waals surface area (Å²) in [6, 6.07) is 0.624. The van der Waals surface area contributed by atoms with Crippen LogP contribution in [0.5, 0.6) is 0 Å². The molecule has 2 heterocycles. The Hall–Kier alpha value is -0.510. The number of nitrogens with zero attached hydrogens (tertiary/aromatic N) is 2. The van der Waals surface area contributed by atoms with Crippen molar-refractivity contribution < 1.29 is 0 Å². The van der Waals surface area contributed by atoms with Gasteiger partial charge in [0.05, 0.1) is 16.2 Å². The number of aromatic nitrogens is 2. The lowest BCUT2D eigenvalue weighted by Crippen LogP contribution is -2.30. The molecule has 106 valence electrons. The van der Waals surface area contributed by atoms with E-state index in [1.54, 1.807) is 0 Å². The predicted octanol–water partition coefficient (Wildman–Crippen LogP) is 4.54. The number of hydrogen-bond acceptors (Lipinski definition) is 2. The van der Waals surface area contributed by atoms with Gasteiger partial charge in [-0.2, -0.15) is 5.10 Å². The molecule has 1 N–H and O–H groups in total. The summed E-state index contributed by atoms with van der Waals surface area (Å²) in [4.78, 5) is 0. The zero-order valence-electron chi connectivity index (χ0n) is 11.8. The van der Waals surface area contributed by atoms with Gasteiger partial charge >= 0.3 is 0 Å². The fraction of sp³-hybridized carbons (Fsp3) is 0.800. The van der Waals surface area contributed by atoms with Gasteiger partial charge in [-0.25, -0.2) is 4.68 Å². The number of hydrogen-bond donors (Lipinski definition) is 1. The highest BCUT2D eigenvalue weighted by molar-refractivity contribution is 9.10. The molecule has 1 fully saturated rings. The largest absolute Gasteiger partial charge is 0.369 e. The van der Waals surface area contributed by atoms with Gasteiger partial charge in [-0.05, 0) is 47.5 Å². The van der Waals surface area contributed by atoms with Crippen LogP contribution in [0.25, 0.3) is 0 Å². The van der Waals surface area contributed by atoms with Crippen LogP contribution in [0.1, 0.15) is 63.6 Å². The minimum atomic E-state index is 0.624. The van der Waals surface area contributed by atoms with E-state index in [9.17, 15) is 0 Å². The van der Waals surface area contributed by atoms with Crippen LogP contribution >= 0.6 is 15.9 Å². The summed E-state index contributed by atoms with van der Waals surface area (Å²) in [5.74, 6) is 2.07. The summed E-state index contributed by atoms with van der Waals surface area (Å²) < 4.78 is 3.50. The topological polar surface area (TPSA) is 29.9 Å². The zero-order valence-corrected chi connectivity index (χ0v) is 13.4. The molecule has 3 nitrogen and oxygen atoms in total. The highest BCUT2D eigenvalue weighted by atomic mass is 79.9. The molecule has 1 aliphatic carbocycles. The highest BCUT2D eigenvalue weighted by Crippen LogP contribution is 2.41. The first kappa shape index (κ1) is 13.5.